The standard InChI is InChI=1S/C15H21N3O4S2/c1-8-6-22-7-9(2)18(8)24-11-5-10(12(16)19)13(23-11)17-14(20)15(21)3-4-15/h5,8-9,21H,3-4,6-7H2,1-2H3,(H2,16,19)(H,17,20). The van der Waals surface area contributed by atoms with Gasteiger partial charge in [-0.05, 0) is 44.7 Å². The average Bonchev–Trinajstić information content (AvgIpc) is 3.14. The number of nitrogens with two attached hydrogens (primary N) is 1. The van der Waals surface area contributed by atoms with Crippen LogP contribution in [0.25, 0.3) is 0 Å². The third kappa shape index (κ3) is 3.60. The Morgan fingerprint density at radius 1 is 1.42 bits per heavy atom. The number of nitrogens with one attached hydrogen (secondary N) is 1. The van der Waals surface area contributed by atoms with E-state index in [1.54, 1.807) is 6.07 Å². The number of aliphatic hydroxyl groups is 1. The third-order valence-corrected chi connectivity index (χ3v) is 6.68. The Hall–Kier alpha value is -1.13. The van der Waals surface area contributed by atoms with E-state index in [0.717, 1.165) is 4.21 Å². The van der Waals surface area contributed by atoms with Gasteiger partial charge in [-0.1, -0.05) is 0 Å². The molecule has 0 bridgehead atoms. The molecule has 9 heteroatoms. The highest BCUT2D eigenvalue weighted by molar-refractivity contribution is 7.99. The van der Waals surface area contributed by atoms with Crippen molar-refractivity contribution in [2.45, 2.75) is 48.6 Å². The highest BCUT2D eigenvalue weighted by Gasteiger charge is 2.48. The normalized spacial score (nSPS) is 26.1. The van der Waals surface area contributed by atoms with E-state index >= 15 is 0 Å². The number of primary amides is 1. The molecule has 0 spiro atoms. The zero-order chi connectivity index (χ0) is 17.5. The number of ether oxygens (including phenoxy) is 1. The number of carbonyl (C=O) groups excluding carboxylic acids is 2. The number of thiophene rings is 1. The van der Waals surface area contributed by atoms with Gasteiger partial charge in [-0.3, -0.25) is 9.59 Å². The van der Waals surface area contributed by atoms with E-state index in [1.165, 1.54) is 23.3 Å². The van der Waals surface area contributed by atoms with Gasteiger partial charge in [0.25, 0.3) is 11.8 Å². The molecular formula is C15H21N3O4S2. The summed E-state index contributed by atoms with van der Waals surface area (Å²) in [6.07, 6.45) is 0.890. The molecule has 3 rings (SSSR count). The summed E-state index contributed by atoms with van der Waals surface area (Å²) in [6, 6.07) is 2.17. The Balaban J connectivity index is 1.78. The van der Waals surface area contributed by atoms with Crippen LogP contribution in [0.15, 0.2) is 10.3 Å². The first-order chi connectivity index (χ1) is 11.3. The number of hydrogen-bond acceptors (Lipinski definition) is 7. The smallest absolute Gasteiger partial charge is 0.256 e. The van der Waals surface area contributed by atoms with Crippen LogP contribution in [0, 0.1) is 0 Å². The maximum Gasteiger partial charge on any atom is 0.256 e. The van der Waals surface area contributed by atoms with E-state index in [0.29, 0.717) is 31.1 Å². The number of hydrogen-bond donors (Lipinski definition) is 3. The fourth-order valence-electron chi connectivity index (χ4n) is 2.53. The molecule has 0 radical (unpaired) electrons. The van der Waals surface area contributed by atoms with Gasteiger partial charge in [0.05, 0.1) is 23.0 Å². The number of anilines is 1. The highest BCUT2D eigenvalue weighted by atomic mass is 32.2. The molecule has 2 heterocycles. The molecule has 1 aliphatic carbocycles. The van der Waals surface area contributed by atoms with Crippen LogP contribution in [0.4, 0.5) is 5.00 Å². The van der Waals surface area contributed by atoms with Gasteiger partial charge in [0.15, 0.2) is 0 Å². The zero-order valence-electron chi connectivity index (χ0n) is 13.6. The summed E-state index contributed by atoms with van der Waals surface area (Å²) in [7, 11) is 0. The number of rotatable bonds is 5. The van der Waals surface area contributed by atoms with Crippen molar-refractivity contribution >= 4 is 40.1 Å². The molecule has 1 saturated carbocycles. The van der Waals surface area contributed by atoms with Crippen LogP contribution in [-0.4, -0.2) is 52.1 Å². The number of carbonyl (C=O) groups is 2. The first-order valence-corrected chi connectivity index (χ1v) is 9.40. The van der Waals surface area contributed by atoms with Crippen LogP contribution < -0.4 is 11.1 Å². The van der Waals surface area contributed by atoms with Gasteiger partial charge in [0, 0.05) is 12.1 Å². The predicted molar refractivity (Wildman–Crippen MR) is 93.1 cm³/mol. The van der Waals surface area contributed by atoms with Crippen LogP contribution in [0.3, 0.4) is 0 Å². The Morgan fingerprint density at radius 3 is 2.58 bits per heavy atom. The van der Waals surface area contributed by atoms with Crippen LogP contribution in [0.2, 0.25) is 0 Å². The lowest BCUT2D eigenvalue weighted by Crippen LogP contribution is -2.45. The number of nitrogens with zero attached hydrogens (tertiary/aromatic N) is 1. The average molecular weight is 371 g/mol. The van der Waals surface area contributed by atoms with E-state index in [9.17, 15) is 14.7 Å². The monoisotopic (exact) mass is 371 g/mol. The minimum absolute atomic E-state index is 0.239. The van der Waals surface area contributed by atoms with E-state index in [4.69, 9.17) is 10.5 Å². The van der Waals surface area contributed by atoms with Crippen molar-refractivity contribution in [1.82, 2.24) is 4.31 Å². The van der Waals surface area contributed by atoms with Crippen molar-refractivity contribution in [2.24, 2.45) is 5.73 Å². The lowest BCUT2D eigenvalue weighted by atomic mass is 10.2. The molecule has 1 aliphatic heterocycles. The highest BCUT2D eigenvalue weighted by Crippen LogP contribution is 2.41. The molecule has 24 heavy (non-hydrogen) atoms. The second-order valence-corrected chi connectivity index (χ2v) is 8.70. The first kappa shape index (κ1) is 17.7. The number of morpholine rings is 1. The van der Waals surface area contributed by atoms with E-state index in [-0.39, 0.29) is 17.6 Å². The molecule has 1 saturated heterocycles. The largest absolute Gasteiger partial charge is 0.380 e. The minimum Gasteiger partial charge on any atom is -0.380 e. The van der Waals surface area contributed by atoms with Crippen molar-refractivity contribution in [2.75, 3.05) is 18.5 Å². The summed E-state index contributed by atoms with van der Waals surface area (Å²) in [5.74, 6) is -1.07. The van der Waals surface area contributed by atoms with Gasteiger partial charge in [0.2, 0.25) is 0 Å². The quantitative estimate of drug-likeness (QED) is 0.676. The molecule has 1 aromatic rings. The van der Waals surface area contributed by atoms with E-state index in [2.05, 4.69) is 23.5 Å². The lowest BCUT2D eigenvalue weighted by molar-refractivity contribution is -0.125. The summed E-state index contributed by atoms with van der Waals surface area (Å²) in [5, 5.41) is 12.9. The Morgan fingerprint density at radius 2 is 2.04 bits per heavy atom. The van der Waals surface area contributed by atoms with Gasteiger partial charge >= 0.3 is 0 Å². The summed E-state index contributed by atoms with van der Waals surface area (Å²) in [6.45, 7) is 5.47. The fourth-order valence-corrected chi connectivity index (χ4v) is 4.84. The fraction of sp³-hybridized carbons (Fsp3) is 0.600. The van der Waals surface area contributed by atoms with Gasteiger partial charge in [-0.2, -0.15) is 0 Å². The lowest BCUT2D eigenvalue weighted by Gasteiger charge is -2.37. The molecule has 132 valence electrons. The van der Waals surface area contributed by atoms with Gasteiger partial charge in [-0.15, -0.1) is 11.3 Å². The molecule has 4 N–H and O–H groups in total. The number of amides is 2. The van der Waals surface area contributed by atoms with Crippen LogP contribution >= 0.6 is 23.3 Å². The SMILES string of the molecule is CC1COCC(C)N1Sc1cc(C(N)=O)c(NC(=O)C2(O)CC2)s1. The van der Waals surface area contributed by atoms with Crippen molar-refractivity contribution < 1.29 is 19.4 Å². The molecular weight excluding hydrogens is 350 g/mol. The third-order valence-electron chi connectivity index (χ3n) is 4.13. The predicted octanol–water partition coefficient (Wildman–Crippen LogP) is 1.43. The van der Waals surface area contributed by atoms with Crippen molar-refractivity contribution in [3.63, 3.8) is 0 Å². The minimum atomic E-state index is -1.29. The van der Waals surface area contributed by atoms with Gasteiger partial charge < -0.3 is 20.9 Å². The first-order valence-electron chi connectivity index (χ1n) is 7.81. The molecule has 2 fully saturated rings. The van der Waals surface area contributed by atoms with Crippen molar-refractivity contribution in [1.29, 1.82) is 0 Å². The second kappa shape index (κ2) is 6.64. The Labute approximate surface area is 148 Å². The summed E-state index contributed by atoms with van der Waals surface area (Å²) in [4.78, 5) is 23.7. The van der Waals surface area contributed by atoms with E-state index < -0.39 is 17.4 Å². The second-order valence-electron chi connectivity index (χ2n) is 6.34. The summed E-state index contributed by atoms with van der Waals surface area (Å²) in [5.41, 5.74) is 4.41. The molecule has 7 nitrogen and oxygen atoms in total. The van der Waals surface area contributed by atoms with Gasteiger partial charge in [0.1, 0.15) is 10.6 Å². The van der Waals surface area contributed by atoms with Crippen LogP contribution in [0.1, 0.15) is 37.0 Å². The molecule has 0 aromatic carbocycles. The molecule has 2 aliphatic rings. The van der Waals surface area contributed by atoms with E-state index in [1.807, 2.05) is 0 Å². The molecule has 2 amide bonds. The molecule has 2 unspecified atom stereocenters. The Bertz CT molecular complexity index is 649. The van der Waals surface area contributed by atoms with Crippen molar-refractivity contribution in [3.05, 3.63) is 11.6 Å². The maximum absolute atomic E-state index is 12.0. The topological polar surface area (TPSA) is 105 Å². The molecule has 2 atom stereocenters. The molecule has 1 aromatic heterocycles. The van der Waals surface area contributed by atoms with Crippen molar-refractivity contribution in [3.8, 4) is 0 Å². The van der Waals surface area contributed by atoms with Crippen LogP contribution in [-0.2, 0) is 9.53 Å². The van der Waals surface area contributed by atoms with Gasteiger partial charge in [-0.25, -0.2) is 4.31 Å². The Kier molecular flexibility index (Phi) is 4.89. The maximum atomic E-state index is 12.0. The zero-order valence-corrected chi connectivity index (χ0v) is 15.2. The summed E-state index contributed by atoms with van der Waals surface area (Å²) >= 11 is 2.83. The summed E-state index contributed by atoms with van der Waals surface area (Å²) < 4.78 is 8.60. The van der Waals surface area contributed by atoms with Crippen LogP contribution in [0.5, 0.6) is 0 Å².